The Morgan fingerprint density at radius 1 is 1.00 bits per heavy atom. The number of carbonyl (C=O) groups is 1. The van der Waals surface area contributed by atoms with Crippen LogP contribution in [0.4, 0.5) is 10.1 Å². The maximum absolute atomic E-state index is 13.9. The summed E-state index contributed by atoms with van der Waals surface area (Å²) in [6.45, 7) is 1.90. The summed E-state index contributed by atoms with van der Waals surface area (Å²) < 4.78 is 31.3. The van der Waals surface area contributed by atoms with E-state index < -0.39 is 0 Å². The van der Waals surface area contributed by atoms with E-state index in [1.807, 2.05) is 67.5 Å². The van der Waals surface area contributed by atoms with Crippen molar-refractivity contribution < 1.29 is 23.4 Å². The minimum Gasteiger partial charge on any atom is -0.491 e. The van der Waals surface area contributed by atoms with Gasteiger partial charge in [-0.2, -0.15) is 0 Å². The molecule has 0 saturated heterocycles. The van der Waals surface area contributed by atoms with Gasteiger partial charge in [-0.1, -0.05) is 30.3 Å². The summed E-state index contributed by atoms with van der Waals surface area (Å²) in [7, 11) is 3.92. The summed E-state index contributed by atoms with van der Waals surface area (Å²) in [4.78, 5) is 16.8. The van der Waals surface area contributed by atoms with Gasteiger partial charge < -0.3 is 24.0 Å². The molecule has 1 heterocycles. The molecule has 0 spiro atoms. The quantitative estimate of drug-likeness (QED) is 0.560. The Balaban J connectivity index is 1.49. The van der Waals surface area contributed by atoms with E-state index in [1.165, 1.54) is 12.1 Å². The molecule has 0 radical (unpaired) electrons. The minimum absolute atomic E-state index is 0.0632. The van der Waals surface area contributed by atoms with Crippen LogP contribution < -0.4 is 14.4 Å². The van der Waals surface area contributed by atoms with Gasteiger partial charge in [0.25, 0.3) is 5.91 Å². The van der Waals surface area contributed by atoms with Crippen LogP contribution in [0, 0.1) is 5.82 Å². The highest BCUT2D eigenvalue weighted by Gasteiger charge is 2.16. The summed E-state index contributed by atoms with van der Waals surface area (Å²) in [5.74, 6) is 0.886. The second-order valence-electron chi connectivity index (χ2n) is 8.71. The minimum atomic E-state index is -0.297. The number of amides is 1. The van der Waals surface area contributed by atoms with Gasteiger partial charge in [-0.05, 0) is 41.5 Å². The normalized spacial score (nSPS) is 14.3. The zero-order valence-electron chi connectivity index (χ0n) is 20.2. The molecule has 1 amide bonds. The van der Waals surface area contributed by atoms with Crippen LogP contribution in [-0.2, 0) is 22.5 Å². The zero-order valence-corrected chi connectivity index (χ0v) is 20.2. The first-order valence-electron chi connectivity index (χ1n) is 11.7. The molecule has 0 saturated carbocycles. The van der Waals surface area contributed by atoms with E-state index in [9.17, 15) is 9.18 Å². The van der Waals surface area contributed by atoms with E-state index in [4.69, 9.17) is 14.2 Å². The maximum Gasteiger partial charge on any atom is 0.260 e. The van der Waals surface area contributed by atoms with Gasteiger partial charge in [-0.25, -0.2) is 4.39 Å². The predicted molar refractivity (Wildman–Crippen MR) is 134 cm³/mol. The van der Waals surface area contributed by atoms with Gasteiger partial charge in [0.05, 0.1) is 13.2 Å². The van der Waals surface area contributed by atoms with Gasteiger partial charge in [0.2, 0.25) is 0 Å². The second kappa shape index (κ2) is 11.7. The molecule has 0 unspecified atom stereocenters. The van der Waals surface area contributed by atoms with Gasteiger partial charge >= 0.3 is 0 Å². The summed E-state index contributed by atoms with van der Waals surface area (Å²) in [6.07, 6.45) is 0.529. The molecule has 0 N–H and O–H groups in total. The largest absolute Gasteiger partial charge is 0.491 e. The third kappa shape index (κ3) is 6.96. The molecule has 7 heteroatoms. The van der Waals surface area contributed by atoms with Crippen molar-refractivity contribution in [1.29, 1.82) is 0 Å². The number of benzene rings is 3. The number of hydrogen-bond donors (Lipinski definition) is 0. The summed E-state index contributed by atoms with van der Waals surface area (Å²) in [6, 6.07) is 20.2. The van der Waals surface area contributed by atoms with Gasteiger partial charge in [0.15, 0.2) is 6.61 Å². The van der Waals surface area contributed by atoms with Gasteiger partial charge in [-0.3, -0.25) is 4.79 Å². The van der Waals surface area contributed by atoms with E-state index in [-0.39, 0.29) is 18.3 Å². The lowest BCUT2D eigenvalue weighted by molar-refractivity contribution is -0.134. The molecule has 3 aromatic rings. The lowest BCUT2D eigenvalue weighted by Gasteiger charge is -2.24. The Kier molecular flexibility index (Phi) is 8.21. The molecule has 35 heavy (non-hydrogen) atoms. The molecule has 0 aromatic heterocycles. The fourth-order valence-corrected chi connectivity index (χ4v) is 3.97. The van der Waals surface area contributed by atoms with E-state index in [2.05, 4.69) is 0 Å². The summed E-state index contributed by atoms with van der Waals surface area (Å²) in [5.41, 5.74) is 3.79. The molecule has 6 nitrogen and oxygen atoms in total. The molecule has 1 aliphatic heterocycles. The first-order chi connectivity index (χ1) is 17.0. The van der Waals surface area contributed by atoms with Crippen LogP contribution in [0.2, 0.25) is 0 Å². The topological polar surface area (TPSA) is 51.2 Å². The number of rotatable bonds is 4. The molecular formula is C28H31FN2O4. The number of fused-ring (bicyclic) bond motifs is 3. The number of ether oxygens (including phenoxy) is 3. The highest BCUT2D eigenvalue weighted by atomic mass is 19.1. The van der Waals surface area contributed by atoms with Crippen molar-refractivity contribution >= 4 is 11.6 Å². The Hall–Kier alpha value is -3.58. The molecule has 0 fully saturated rings. The molecule has 2 bridgehead atoms. The molecule has 1 aliphatic rings. The number of halogens is 1. The van der Waals surface area contributed by atoms with Crippen molar-refractivity contribution in [3.05, 3.63) is 89.2 Å². The Bertz CT molecular complexity index is 1150. The fourth-order valence-electron chi connectivity index (χ4n) is 3.97. The standard InChI is InChI=1S/C28H31FN2O4/c1-30(2)25-7-4-8-26(18-25)35-20-28(32)31-11-12-33-13-14-34-27-10-9-24(29)17-23(27)16-21-5-3-6-22(15-21)19-31/h3-10,15,17-18H,11-14,16,19-20H2,1-2H3. The van der Waals surface area contributed by atoms with Crippen LogP contribution in [-0.4, -0.2) is 57.9 Å². The average Bonchev–Trinajstić information content (AvgIpc) is 2.85. The molecule has 184 valence electrons. The van der Waals surface area contributed by atoms with E-state index in [0.717, 1.165) is 22.4 Å². The third-order valence-corrected chi connectivity index (χ3v) is 5.82. The van der Waals surface area contributed by atoms with Crippen LogP contribution in [0.1, 0.15) is 16.7 Å². The van der Waals surface area contributed by atoms with E-state index in [0.29, 0.717) is 50.8 Å². The fraction of sp³-hybridized carbons (Fsp3) is 0.321. The smallest absolute Gasteiger partial charge is 0.260 e. The lowest BCUT2D eigenvalue weighted by atomic mass is 10.0. The Labute approximate surface area is 205 Å². The van der Waals surface area contributed by atoms with Gasteiger partial charge in [0, 0.05) is 50.9 Å². The van der Waals surface area contributed by atoms with Crippen molar-refractivity contribution in [2.24, 2.45) is 0 Å². The van der Waals surface area contributed by atoms with Gasteiger partial charge in [0.1, 0.15) is 23.9 Å². The Morgan fingerprint density at radius 2 is 1.83 bits per heavy atom. The molecule has 0 aliphatic carbocycles. The van der Waals surface area contributed by atoms with Crippen LogP contribution in [0.5, 0.6) is 11.5 Å². The summed E-state index contributed by atoms with van der Waals surface area (Å²) >= 11 is 0. The lowest BCUT2D eigenvalue weighted by Crippen LogP contribution is -2.37. The number of hydrogen-bond acceptors (Lipinski definition) is 5. The first kappa shape index (κ1) is 24.5. The second-order valence-corrected chi connectivity index (χ2v) is 8.71. The predicted octanol–water partition coefficient (Wildman–Crippen LogP) is 4.30. The van der Waals surface area contributed by atoms with Crippen LogP contribution in [0.15, 0.2) is 66.7 Å². The zero-order chi connectivity index (χ0) is 24.6. The van der Waals surface area contributed by atoms with Crippen molar-refractivity contribution in [3.8, 4) is 11.5 Å². The van der Waals surface area contributed by atoms with Crippen LogP contribution in [0.3, 0.4) is 0 Å². The van der Waals surface area contributed by atoms with Crippen LogP contribution >= 0.6 is 0 Å². The SMILES string of the molecule is CN(C)c1cccc(OCC(=O)N2CCOCCOc3ccc(F)cc3Cc3cccc(c3)C2)c1. The van der Waals surface area contributed by atoms with Gasteiger partial charge in [-0.15, -0.1) is 0 Å². The van der Waals surface area contributed by atoms with Crippen molar-refractivity contribution in [3.63, 3.8) is 0 Å². The van der Waals surface area contributed by atoms with Crippen LogP contribution in [0.25, 0.3) is 0 Å². The first-order valence-corrected chi connectivity index (χ1v) is 11.7. The highest BCUT2D eigenvalue weighted by molar-refractivity contribution is 5.77. The maximum atomic E-state index is 13.9. The third-order valence-electron chi connectivity index (χ3n) is 5.82. The molecule has 0 atom stereocenters. The van der Waals surface area contributed by atoms with E-state index >= 15 is 0 Å². The molecule has 3 aromatic carbocycles. The number of carbonyl (C=O) groups excluding carboxylic acids is 1. The number of anilines is 1. The number of nitrogens with zero attached hydrogens (tertiary/aromatic N) is 2. The monoisotopic (exact) mass is 478 g/mol. The molecular weight excluding hydrogens is 447 g/mol. The van der Waals surface area contributed by atoms with Crippen molar-refractivity contribution in [2.75, 3.05) is 52.0 Å². The van der Waals surface area contributed by atoms with Crippen molar-refractivity contribution in [1.82, 2.24) is 4.90 Å². The summed E-state index contributed by atoms with van der Waals surface area (Å²) in [5, 5.41) is 0. The average molecular weight is 479 g/mol. The molecule has 4 rings (SSSR count). The Morgan fingerprint density at radius 3 is 2.69 bits per heavy atom. The van der Waals surface area contributed by atoms with E-state index in [1.54, 1.807) is 11.0 Å². The highest BCUT2D eigenvalue weighted by Crippen LogP contribution is 2.24. The van der Waals surface area contributed by atoms with Crippen molar-refractivity contribution in [2.45, 2.75) is 13.0 Å².